The van der Waals surface area contributed by atoms with Gasteiger partial charge in [0.2, 0.25) is 5.91 Å². The van der Waals surface area contributed by atoms with E-state index >= 15 is 0 Å². The normalized spacial score (nSPS) is 13.8. The molecule has 8 heteroatoms. The van der Waals surface area contributed by atoms with E-state index in [1.807, 2.05) is 13.8 Å². The molecule has 2 atom stereocenters. The fraction of sp³-hybridized carbons (Fsp3) is 0.500. The molecule has 0 aliphatic carbocycles. The van der Waals surface area contributed by atoms with Crippen LogP contribution in [0.1, 0.15) is 25.8 Å². The Morgan fingerprint density at radius 3 is 2.45 bits per heavy atom. The van der Waals surface area contributed by atoms with Gasteiger partial charge in [-0.25, -0.2) is 8.78 Å². The molecule has 0 fully saturated rings. The molecule has 0 aliphatic rings. The highest BCUT2D eigenvalue weighted by Crippen LogP contribution is 2.11. The summed E-state index contributed by atoms with van der Waals surface area (Å²) in [6.07, 6.45) is 0.389. The number of carbonyl (C=O) groups is 1. The number of benzene rings is 1. The molecule has 0 unspecified atom stereocenters. The quantitative estimate of drug-likeness (QED) is 0.547. The lowest BCUT2D eigenvalue weighted by Gasteiger charge is -2.22. The summed E-state index contributed by atoms with van der Waals surface area (Å²) in [7, 11) is -1.69. The molecule has 0 aliphatic heterocycles. The minimum absolute atomic E-state index is 0.0129. The van der Waals surface area contributed by atoms with E-state index in [1.54, 1.807) is 0 Å². The summed E-state index contributed by atoms with van der Waals surface area (Å²) >= 11 is 0. The Morgan fingerprint density at radius 2 is 1.95 bits per heavy atom. The van der Waals surface area contributed by atoms with Crippen molar-refractivity contribution in [1.82, 2.24) is 5.32 Å². The van der Waals surface area contributed by atoms with Crippen molar-refractivity contribution in [2.45, 2.75) is 38.7 Å². The van der Waals surface area contributed by atoms with Crippen molar-refractivity contribution in [3.05, 3.63) is 35.4 Å². The van der Waals surface area contributed by atoms with E-state index in [2.05, 4.69) is 5.32 Å². The average Bonchev–Trinajstić information content (AvgIpc) is 2.41. The van der Waals surface area contributed by atoms with Crippen molar-refractivity contribution >= 4 is 13.0 Å². The van der Waals surface area contributed by atoms with Gasteiger partial charge in [-0.15, -0.1) is 0 Å². The molecule has 0 heterocycles. The van der Waals surface area contributed by atoms with Crippen LogP contribution in [0.4, 0.5) is 8.78 Å². The average molecular weight is 314 g/mol. The first kappa shape index (κ1) is 18.5. The zero-order valence-corrected chi connectivity index (χ0v) is 12.6. The van der Waals surface area contributed by atoms with Crippen LogP contribution in [-0.2, 0) is 11.2 Å². The fourth-order valence-corrected chi connectivity index (χ4v) is 2.07. The summed E-state index contributed by atoms with van der Waals surface area (Å²) in [6.45, 7) is 3.76. The van der Waals surface area contributed by atoms with Gasteiger partial charge in [0.25, 0.3) is 0 Å². The van der Waals surface area contributed by atoms with Gasteiger partial charge < -0.3 is 21.1 Å². The van der Waals surface area contributed by atoms with Gasteiger partial charge >= 0.3 is 7.12 Å². The Labute approximate surface area is 128 Å². The zero-order valence-electron chi connectivity index (χ0n) is 12.6. The Kier molecular flexibility index (Phi) is 6.92. The molecule has 5 nitrogen and oxygen atoms in total. The van der Waals surface area contributed by atoms with Crippen molar-refractivity contribution in [3.8, 4) is 0 Å². The third kappa shape index (κ3) is 5.71. The molecule has 0 aromatic heterocycles. The van der Waals surface area contributed by atoms with Crippen LogP contribution in [0.15, 0.2) is 18.2 Å². The van der Waals surface area contributed by atoms with Crippen LogP contribution < -0.4 is 11.1 Å². The predicted molar refractivity (Wildman–Crippen MR) is 79.6 cm³/mol. The van der Waals surface area contributed by atoms with Crippen molar-refractivity contribution in [2.75, 3.05) is 0 Å². The van der Waals surface area contributed by atoms with E-state index in [4.69, 9.17) is 5.73 Å². The first-order valence-corrected chi connectivity index (χ1v) is 7.06. The van der Waals surface area contributed by atoms with Crippen molar-refractivity contribution < 1.29 is 23.6 Å². The summed E-state index contributed by atoms with van der Waals surface area (Å²) in [6, 6.07) is 2.29. The number of amides is 1. The van der Waals surface area contributed by atoms with Gasteiger partial charge in [-0.3, -0.25) is 4.79 Å². The lowest BCUT2D eigenvalue weighted by molar-refractivity contribution is -0.122. The van der Waals surface area contributed by atoms with Gasteiger partial charge in [-0.05, 0) is 36.5 Å². The highest BCUT2D eigenvalue weighted by molar-refractivity contribution is 6.43. The molecule has 22 heavy (non-hydrogen) atoms. The second-order valence-electron chi connectivity index (χ2n) is 5.72. The fourth-order valence-electron chi connectivity index (χ4n) is 2.07. The second kappa shape index (κ2) is 8.21. The van der Waals surface area contributed by atoms with E-state index in [9.17, 15) is 23.6 Å². The van der Waals surface area contributed by atoms with E-state index in [1.165, 1.54) is 6.07 Å². The number of hydrogen-bond acceptors (Lipinski definition) is 4. The van der Waals surface area contributed by atoms with Crippen LogP contribution in [0.5, 0.6) is 0 Å². The van der Waals surface area contributed by atoms with E-state index in [0.29, 0.717) is 12.0 Å². The van der Waals surface area contributed by atoms with Crippen LogP contribution in [0, 0.1) is 17.6 Å². The number of nitrogens with two attached hydrogens (primary N) is 1. The summed E-state index contributed by atoms with van der Waals surface area (Å²) in [5.74, 6) is -3.24. The predicted octanol–water partition coefficient (Wildman–Crippen LogP) is 0.377. The number of rotatable bonds is 7. The first-order chi connectivity index (χ1) is 10.2. The molecule has 1 rings (SSSR count). The molecule has 0 spiro atoms. The monoisotopic (exact) mass is 314 g/mol. The van der Waals surface area contributed by atoms with Crippen LogP contribution in [0.2, 0.25) is 0 Å². The standard InChI is InChI=1S/C14H21BF2N2O3/c1-8(2)5-13(15(21)22)19-14(20)12(18)7-9-3-4-10(16)11(17)6-9/h3-4,6,8,12-13,21-22H,5,7,18H2,1-2H3,(H,19,20)/t12-,13-/m0/s1. The Balaban J connectivity index is 2.65. The SMILES string of the molecule is CC(C)C[C@H](NC(=O)[C@@H](N)Cc1ccc(F)c(F)c1)B(O)O. The Morgan fingerprint density at radius 1 is 1.32 bits per heavy atom. The summed E-state index contributed by atoms with van der Waals surface area (Å²) in [5.41, 5.74) is 6.11. The van der Waals surface area contributed by atoms with Gasteiger partial charge in [0.15, 0.2) is 11.6 Å². The topological polar surface area (TPSA) is 95.6 Å². The maximum atomic E-state index is 13.1. The highest BCUT2D eigenvalue weighted by atomic mass is 19.2. The largest absolute Gasteiger partial charge is 0.475 e. The Hall–Kier alpha value is -1.51. The van der Waals surface area contributed by atoms with Crippen LogP contribution >= 0.6 is 0 Å². The molecule has 1 aromatic carbocycles. The third-order valence-electron chi connectivity index (χ3n) is 3.19. The van der Waals surface area contributed by atoms with E-state index in [-0.39, 0.29) is 12.3 Å². The third-order valence-corrected chi connectivity index (χ3v) is 3.19. The molecule has 5 N–H and O–H groups in total. The molecule has 1 amide bonds. The van der Waals surface area contributed by atoms with Crippen molar-refractivity contribution in [3.63, 3.8) is 0 Å². The van der Waals surface area contributed by atoms with Gasteiger partial charge in [-0.2, -0.15) is 0 Å². The van der Waals surface area contributed by atoms with Gasteiger partial charge in [0.05, 0.1) is 12.0 Å². The molecule has 122 valence electrons. The van der Waals surface area contributed by atoms with Crippen molar-refractivity contribution in [1.29, 1.82) is 0 Å². The summed E-state index contributed by atoms with van der Waals surface area (Å²) in [4.78, 5) is 12.0. The first-order valence-electron chi connectivity index (χ1n) is 7.06. The van der Waals surface area contributed by atoms with Crippen LogP contribution in [0.25, 0.3) is 0 Å². The number of nitrogens with one attached hydrogen (secondary N) is 1. The van der Waals surface area contributed by atoms with Gasteiger partial charge in [0.1, 0.15) is 0 Å². The molecular formula is C14H21BF2N2O3. The molecular weight excluding hydrogens is 293 g/mol. The zero-order chi connectivity index (χ0) is 16.9. The number of hydrogen-bond donors (Lipinski definition) is 4. The van der Waals surface area contributed by atoms with Gasteiger partial charge in [0, 0.05) is 0 Å². The molecule has 0 bridgehead atoms. The van der Waals surface area contributed by atoms with Crippen LogP contribution in [-0.4, -0.2) is 35.1 Å². The molecule has 0 radical (unpaired) electrons. The minimum Gasteiger partial charge on any atom is -0.426 e. The lowest BCUT2D eigenvalue weighted by atomic mass is 9.75. The lowest BCUT2D eigenvalue weighted by Crippen LogP contribution is -2.52. The number of carbonyl (C=O) groups excluding carboxylic acids is 1. The molecule has 0 saturated heterocycles. The smallest absolute Gasteiger partial charge is 0.426 e. The maximum absolute atomic E-state index is 13.1. The van der Waals surface area contributed by atoms with Crippen molar-refractivity contribution in [2.24, 2.45) is 11.7 Å². The van der Waals surface area contributed by atoms with Crippen LogP contribution in [0.3, 0.4) is 0 Å². The molecule has 1 aromatic rings. The second-order valence-corrected chi connectivity index (χ2v) is 5.72. The maximum Gasteiger partial charge on any atom is 0.475 e. The van der Waals surface area contributed by atoms with E-state index in [0.717, 1.165) is 12.1 Å². The summed E-state index contributed by atoms with van der Waals surface area (Å²) in [5, 5.41) is 21.0. The Bertz CT molecular complexity index is 515. The number of halogens is 2. The summed E-state index contributed by atoms with van der Waals surface area (Å²) < 4.78 is 25.9. The van der Waals surface area contributed by atoms with E-state index < -0.39 is 36.6 Å². The minimum atomic E-state index is -1.69. The highest BCUT2D eigenvalue weighted by Gasteiger charge is 2.28. The van der Waals surface area contributed by atoms with Gasteiger partial charge in [-0.1, -0.05) is 19.9 Å². The molecule has 0 saturated carbocycles.